The van der Waals surface area contributed by atoms with Crippen LogP contribution < -0.4 is 9.47 Å². The summed E-state index contributed by atoms with van der Waals surface area (Å²) < 4.78 is 10.3. The zero-order valence-electron chi connectivity index (χ0n) is 21.4. The van der Waals surface area contributed by atoms with Gasteiger partial charge in [0.2, 0.25) is 0 Å². The molecular formula is C29H41NO4. The Labute approximate surface area is 205 Å². The van der Waals surface area contributed by atoms with Gasteiger partial charge in [-0.25, -0.2) is 0 Å². The Kier molecular flexibility index (Phi) is 12.4. The number of ether oxygens (including phenoxy) is 2. The van der Waals surface area contributed by atoms with Crippen LogP contribution in [0, 0.1) is 6.92 Å². The summed E-state index contributed by atoms with van der Waals surface area (Å²) in [5.41, 5.74) is 3.38. The third-order valence-electron chi connectivity index (χ3n) is 6.19. The van der Waals surface area contributed by atoms with Gasteiger partial charge in [0, 0.05) is 18.4 Å². The van der Waals surface area contributed by atoms with Gasteiger partial charge in [-0.1, -0.05) is 12.1 Å². The van der Waals surface area contributed by atoms with Crippen LogP contribution in [0.2, 0.25) is 0 Å². The highest BCUT2D eigenvalue weighted by atomic mass is 16.5. The lowest BCUT2D eigenvalue weighted by atomic mass is 10.0. The number of hydrogen-bond donors (Lipinski definition) is 0. The molecule has 2 aromatic carbocycles. The largest absolute Gasteiger partial charge is 0.497 e. The molecule has 5 heteroatoms. The molecule has 0 unspecified atom stereocenters. The van der Waals surface area contributed by atoms with E-state index in [1.54, 1.807) is 45.4 Å². The average molecular weight is 468 g/mol. The fourth-order valence-corrected chi connectivity index (χ4v) is 4.19. The molecule has 0 N–H and O–H groups in total. The molecule has 0 radical (unpaired) electrons. The van der Waals surface area contributed by atoms with Crippen LogP contribution in [0.5, 0.6) is 11.5 Å². The predicted octanol–water partition coefficient (Wildman–Crippen LogP) is 6.06. The highest BCUT2D eigenvalue weighted by Gasteiger charge is 2.10. The summed E-state index contributed by atoms with van der Waals surface area (Å²) in [6.07, 6.45) is 7.85. The molecular weight excluding hydrogens is 426 g/mol. The minimum Gasteiger partial charge on any atom is -0.497 e. The van der Waals surface area contributed by atoms with Gasteiger partial charge in [-0.05, 0) is 113 Å². The van der Waals surface area contributed by atoms with E-state index in [0.29, 0.717) is 18.4 Å². The predicted molar refractivity (Wildman–Crippen MR) is 138 cm³/mol. The van der Waals surface area contributed by atoms with Crippen LogP contribution in [-0.4, -0.2) is 50.3 Å². The van der Waals surface area contributed by atoms with E-state index in [9.17, 15) is 9.59 Å². The maximum Gasteiger partial charge on any atom is 0.162 e. The molecule has 0 amide bonds. The van der Waals surface area contributed by atoms with Crippen molar-refractivity contribution in [1.82, 2.24) is 4.90 Å². The van der Waals surface area contributed by atoms with Gasteiger partial charge in [0.05, 0.1) is 14.2 Å². The van der Waals surface area contributed by atoms with Gasteiger partial charge in [0.25, 0.3) is 0 Å². The number of rotatable bonds is 12. The zero-order chi connectivity index (χ0) is 24.8. The third kappa shape index (κ3) is 10.1. The van der Waals surface area contributed by atoms with Gasteiger partial charge in [-0.15, -0.1) is 0 Å². The van der Waals surface area contributed by atoms with Crippen LogP contribution in [0.25, 0.3) is 0 Å². The molecule has 0 bridgehead atoms. The third-order valence-corrected chi connectivity index (χ3v) is 6.19. The summed E-state index contributed by atoms with van der Waals surface area (Å²) in [5, 5.41) is 0. The number of hydrogen-bond acceptors (Lipinski definition) is 5. The van der Waals surface area contributed by atoms with Crippen molar-refractivity contribution in [2.75, 3.05) is 33.9 Å². The van der Waals surface area contributed by atoms with E-state index >= 15 is 0 Å². The quantitative estimate of drug-likeness (QED) is 0.281. The fraction of sp³-hybridized carbons (Fsp3) is 0.517. The summed E-state index contributed by atoms with van der Waals surface area (Å²) in [6, 6.07) is 13.6. The van der Waals surface area contributed by atoms with Gasteiger partial charge < -0.3 is 19.2 Å². The lowest BCUT2D eigenvalue weighted by molar-refractivity contribution is -0.117. The number of carbonyl (C=O) groups is 2. The van der Waals surface area contributed by atoms with Crippen LogP contribution in [0.4, 0.5) is 0 Å². The number of nitrogens with zero attached hydrogens (tertiary/aromatic N) is 1. The van der Waals surface area contributed by atoms with Crippen LogP contribution in [0.15, 0.2) is 42.5 Å². The summed E-state index contributed by atoms with van der Waals surface area (Å²) >= 11 is 0. The number of likely N-dealkylation sites (tertiary alicyclic amines) is 1. The first-order valence-electron chi connectivity index (χ1n) is 12.5. The van der Waals surface area contributed by atoms with Crippen molar-refractivity contribution in [2.45, 2.75) is 65.2 Å². The number of aryl methyl sites for hydroxylation is 2. The molecule has 186 valence electrons. The van der Waals surface area contributed by atoms with Crippen molar-refractivity contribution in [3.8, 4) is 11.5 Å². The Morgan fingerprint density at radius 3 is 2.15 bits per heavy atom. The van der Waals surface area contributed by atoms with Crippen molar-refractivity contribution in [3.63, 3.8) is 0 Å². The Morgan fingerprint density at radius 1 is 0.882 bits per heavy atom. The van der Waals surface area contributed by atoms with Gasteiger partial charge >= 0.3 is 0 Å². The van der Waals surface area contributed by atoms with E-state index in [-0.39, 0.29) is 11.6 Å². The molecule has 0 aliphatic carbocycles. The first-order valence-corrected chi connectivity index (χ1v) is 12.5. The molecule has 34 heavy (non-hydrogen) atoms. The van der Waals surface area contributed by atoms with Crippen LogP contribution in [0.1, 0.15) is 73.4 Å². The smallest absolute Gasteiger partial charge is 0.162 e. The van der Waals surface area contributed by atoms with Crippen LogP contribution >= 0.6 is 0 Å². The number of Topliss-reactive ketones (excluding diaryl/α,β-unsaturated/α-hetero) is 2. The Morgan fingerprint density at radius 2 is 1.56 bits per heavy atom. The monoisotopic (exact) mass is 467 g/mol. The Bertz CT molecular complexity index is 886. The van der Waals surface area contributed by atoms with Crippen molar-refractivity contribution in [3.05, 3.63) is 59.2 Å². The van der Waals surface area contributed by atoms with Gasteiger partial charge in [-0.2, -0.15) is 0 Å². The zero-order valence-corrected chi connectivity index (χ0v) is 21.4. The van der Waals surface area contributed by atoms with Gasteiger partial charge in [-0.3, -0.25) is 4.79 Å². The number of methoxy groups -OCH3 is 2. The number of ketones is 2. The van der Waals surface area contributed by atoms with Crippen molar-refractivity contribution < 1.29 is 19.1 Å². The maximum absolute atomic E-state index is 11.8. The highest BCUT2D eigenvalue weighted by molar-refractivity contribution is 5.96. The average Bonchev–Trinajstić information content (AvgIpc) is 3.36. The summed E-state index contributed by atoms with van der Waals surface area (Å²) in [4.78, 5) is 25.1. The minimum atomic E-state index is 0.121. The van der Waals surface area contributed by atoms with Crippen molar-refractivity contribution in [2.24, 2.45) is 0 Å². The molecule has 1 heterocycles. The minimum absolute atomic E-state index is 0.121. The van der Waals surface area contributed by atoms with Gasteiger partial charge in [0.15, 0.2) is 5.78 Å². The normalized spacial score (nSPS) is 13.2. The van der Waals surface area contributed by atoms with E-state index in [2.05, 4.69) is 30.0 Å². The SMILES string of the molecule is COc1ccc(C(=O)CCCCC(C)=O)cc1.COc1ccc(CCCN2CCCC2)cc1C. The molecule has 5 nitrogen and oxygen atoms in total. The first kappa shape index (κ1) is 27.6. The second kappa shape index (κ2) is 15.3. The molecule has 0 spiro atoms. The molecule has 0 saturated carbocycles. The van der Waals surface area contributed by atoms with Crippen LogP contribution in [-0.2, 0) is 11.2 Å². The second-order valence-corrected chi connectivity index (χ2v) is 9.02. The summed E-state index contributed by atoms with van der Waals surface area (Å²) in [5.74, 6) is 2.05. The lowest BCUT2D eigenvalue weighted by Crippen LogP contribution is -2.20. The summed E-state index contributed by atoms with van der Waals surface area (Å²) in [7, 11) is 3.33. The highest BCUT2D eigenvalue weighted by Crippen LogP contribution is 2.19. The van der Waals surface area contributed by atoms with E-state index in [1.807, 2.05) is 0 Å². The molecule has 0 atom stereocenters. The van der Waals surface area contributed by atoms with Crippen molar-refractivity contribution >= 4 is 11.6 Å². The molecule has 3 rings (SSSR count). The number of carbonyl (C=O) groups excluding carboxylic acids is 2. The fourth-order valence-electron chi connectivity index (χ4n) is 4.19. The standard InChI is InChI=1S/C15H23NO.C14H18O3/c1-13-12-14(7-8-15(13)17-2)6-5-11-16-9-3-4-10-16;1-11(15)5-3-4-6-14(16)12-7-9-13(17-2)10-8-12/h7-8,12H,3-6,9-11H2,1-2H3;7-10H,3-6H2,1-2H3. The molecule has 1 aliphatic heterocycles. The maximum atomic E-state index is 11.8. The molecule has 1 saturated heterocycles. The van der Waals surface area contributed by atoms with Crippen LogP contribution in [0.3, 0.4) is 0 Å². The van der Waals surface area contributed by atoms with E-state index in [4.69, 9.17) is 9.47 Å². The lowest BCUT2D eigenvalue weighted by Gasteiger charge is -2.14. The first-order chi connectivity index (χ1) is 16.4. The summed E-state index contributed by atoms with van der Waals surface area (Å²) in [6.45, 7) is 7.56. The van der Waals surface area contributed by atoms with Crippen molar-refractivity contribution in [1.29, 1.82) is 0 Å². The van der Waals surface area contributed by atoms with E-state index < -0.39 is 0 Å². The number of unbranched alkanes of at least 4 members (excludes halogenated alkanes) is 1. The van der Waals surface area contributed by atoms with Gasteiger partial charge in [0.1, 0.15) is 17.3 Å². The topological polar surface area (TPSA) is 55.8 Å². The molecule has 0 aromatic heterocycles. The molecule has 1 fully saturated rings. The van der Waals surface area contributed by atoms with E-state index in [0.717, 1.165) is 24.3 Å². The Balaban J connectivity index is 0.000000240. The number of benzene rings is 2. The molecule has 2 aromatic rings. The molecule has 1 aliphatic rings. The van der Waals surface area contributed by atoms with E-state index in [1.165, 1.54) is 56.4 Å². The second-order valence-electron chi connectivity index (χ2n) is 9.02. The Hall–Kier alpha value is -2.66.